The summed E-state index contributed by atoms with van der Waals surface area (Å²) < 4.78 is 10.5. The van der Waals surface area contributed by atoms with Crippen LogP contribution in [0.3, 0.4) is 0 Å². The minimum absolute atomic E-state index is 0.0398. The fraction of sp³-hybridized carbons (Fsp3) is 0.375. The van der Waals surface area contributed by atoms with Crippen LogP contribution >= 0.6 is 0 Å². The Bertz CT molecular complexity index is 1420. The molecular formula is C40H46O5. The normalized spacial score (nSPS) is 9.91. The Morgan fingerprint density at radius 2 is 0.889 bits per heavy atom. The highest BCUT2D eigenvalue weighted by atomic mass is 16.5. The molecule has 0 spiro atoms. The van der Waals surface area contributed by atoms with E-state index in [1.165, 1.54) is 38.5 Å². The summed E-state index contributed by atoms with van der Waals surface area (Å²) in [5.74, 6) is 8.11. The summed E-state index contributed by atoms with van der Waals surface area (Å²) in [5, 5.41) is 0. The SMILES string of the molecule is C#Cc1ccc(C(=O)OCCCCCCC)cc1.CCCCCCCOC(=O)c1ccc(C#Cc2ccc(C(C)=O)cc2)cc1. The van der Waals surface area contributed by atoms with E-state index in [2.05, 4.69) is 31.6 Å². The topological polar surface area (TPSA) is 69.7 Å². The van der Waals surface area contributed by atoms with Crippen molar-refractivity contribution in [2.45, 2.75) is 85.0 Å². The number of carbonyl (C=O) groups is 3. The summed E-state index contributed by atoms with van der Waals surface area (Å²) in [4.78, 5) is 35.0. The third-order valence-electron chi connectivity index (χ3n) is 7.01. The predicted molar refractivity (Wildman–Crippen MR) is 181 cm³/mol. The van der Waals surface area contributed by atoms with Gasteiger partial charge in [-0.25, -0.2) is 9.59 Å². The predicted octanol–water partition coefficient (Wildman–Crippen LogP) is 9.21. The number of benzene rings is 3. The molecule has 0 heterocycles. The first-order chi connectivity index (χ1) is 21.9. The second kappa shape index (κ2) is 22.0. The average molecular weight is 607 g/mol. The van der Waals surface area contributed by atoms with Crippen LogP contribution in [-0.4, -0.2) is 30.9 Å². The van der Waals surface area contributed by atoms with Gasteiger partial charge in [0.1, 0.15) is 0 Å². The molecule has 0 saturated carbocycles. The van der Waals surface area contributed by atoms with Gasteiger partial charge in [0.15, 0.2) is 5.78 Å². The van der Waals surface area contributed by atoms with Crippen LogP contribution in [-0.2, 0) is 9.47 Å². The maximum atomic E-state index is 12.0. The molecule has 0 fully saturated rings. The van der Waals surface area contributed by atoms with Gasteiger partial charge in [-0.1, -0.05) is 95.1 Å². The molecule has 0 bridgehead atoms. The maximum Gasteiger partial charge on any atom is 0.338 e. The lowest BCUT2D eigenvalue weighted by Crippen LogP contribution is -2.06. The van der Waals surface area contributed by atoms with Crippen LogP contribution in [0.25, 0.3) is 0 Å². The lowest BCUT2D eigenvalue weighted by atomic mass is 10.1. The molecule has 0 aliphatic carbocycles. The second-order valence-corrected chi connectivity index (χ2v) is 10.8. The molecule has 0 N–H and O–H groups in total. The molecule has 45 heavy (non-hydrogen) atoms. The van der Waals surface area contributed by atoms with Crippen LogP contribution in [0.5, 0.6) is 0 Å². The van der Waals surface area contributed by atoms with Crippen molar-refractivity contribution in [1.29, 1.82) is 0 Å². The van der Waals surface area contributed by atoms with Gasteiger partial charge in [-0.3, -0.25) is 4.79 Å². The number of esters is 2. The molecule has 0 amide bonds. The van der Waals surface area contributed by atoms with Crippen molar-refractivity contribution in [3.8, 4) is 24.2 Å². The number of ketones is 1. The number of unbranched alkanes of at least 4 members (excludes halogenated alkanes) is 8. The van der Waals surface area contributed by atoms with Crippen molar-refractivity contribution in [1.82, 2.24) is 0 Å². The van der Waals surface area contributed by atoms with Gasteiger partial charge in [0, 0.05) is 22.3 Å². The van der Waals surface area contributed by atoms with Gasteiger partial charge in [-0.2, -0.15) is 0 Å². The van der Waals surface area contributed by atoms with Crippen molar-refractivity contribution in [2.24, 2.45) is 0 Å². The van der Waals surface area contributed by atoms with Gasteiger partial charge in [-0.05, 0) is 80.4 Å². The van der Waals surface area contributed by atoms with E-state index < -0.39 is 0 Å². The van der Waals surface area contributed by atoms with Crippen molar-refractivity contribution in [2.75, 3.05) is 13.2 Å². The van der Waals surface area contributed by atoms with E-state index in [0.29, 0.717) is 29.9 Å². The number of ether oxygens (including phenoxy) is 2. The third-order valence-corrected chi connectivity index (χ3v) is 7.01. The summed E-state index contributed by atoms with van der Waals surface area (Å²) in [5.41, 5.74) is 4.20. The first-order valence-corrected chi connectivity index (χ1v) is 16.0. The highest BCUT2D eigenvalue weighted by Gasteiger charge is 2.07. The van der Waals surface area contributed by atoms with E-state index in [-0.39, 0.29) is 17.7 Å². The van der Waals surface area contributed by atoms with E-state index in [1.807, 2.05) is 24.3 Å². The van der Waals surface area contributed by atoms with Crippen LogP contribution < -0.4 is 0 Å². The Labute approximate surface area is 269 Å². The van der Waals surface area contributed by atoms with Crippen LogP contribution in [0.2, 0.25) is 0 Å². The molecule has 3 aromatic carbocycles. The lowest BCUT2D eigenvalue weighted by molar-refractivity contribution is 0.0488. The van der Waals surface area contributed by atoms with Gasteiger partial charge in [-0.15, -0.1) is 6.42 Å². The molecule has 0 aliphatic heterocycles. The van der Waals surface area contributed by atoms with Crippen molar-refractivity contribution in [3.63, 3.8) is 0 Å². The minimum atomic E-state index is -0.287. The van der Waals surface area contributed by atoms with Gasteiger partial charge >= 0.3 is 11.9 Å². The first kappa shape index (κ1) is 36.6. The molecule has 5 heteroatoms. The van der Waals surface area contributed by atoms with Crippen molar-refractivity contribution < 1.29 is 23.9 Å². The fourth-order valence-electron chi connectivity index (χ4n) is 4.23. The number of hydrogen-bond acceptors (Lipinski definition) is 5. The fourth-order valence-corrected chi connectivity index (χ4v) is 4.23. The molecule has 0 saturated heterocycles. The summed E-state index contributed by atoms with van der Waals surface area (Å²) in [6.07, 6.45) is 16.6. The third kappa shape index (κ3) is 15.1. The molecule has 0 atom stereocenters. The van der Waals surface area contributed by atoms with Crippen LogP contribution in [0.15, 0.2) is 72.8 Å². The zero-order valence-electron chi connectivity index (χ0n) is 27.0. The van der Waals surface area contributed by atoms with Crippen LogP contribution in [0.4, 0.5) is 0 Å². The molecule has 0 aliphatic rings. The van der Waals surface area contributed by atoms with Crippen LogP contribution in [0.1, 0.15) is 133 Å². The smallest absolute Gasteiger partial charge is 0.338 e. The highest BCUT2D eigenvalue weighted by molar-refractivity contribution is 5.94. The maximum absolute atomic E-state index is 12.0. The van der Waals surface area contributed by atoms with Gasteiger partial charge in [0.25, 0.3) is 0 Å². The molecule has 3 rings (SSSR count). The molecule has 5 nitrogen and oxygen atoms in total. The summed E-state index contributed by atoms with van der Waals surface area (Å²) in [7, 11) is 0. The second-order valence-electron chi connectivity index (χ2n) is 10.8. The largest absolute Gasteiger partial charge is 0.462 e. The zero-order valence-corrected chi connectivity index (χ0v) is 27.0. The molecule has 0 radical (unpaired) electrons. The number of rotatable bonds is 15. The van der Waals surface area contributed by atoms with Crippen molar-refractivity contribution >= 4 is 17.7 Å². The van der Waals surface area contributed by atoms with E-state index >= 15 is 0 Å². The molecule has 3 aromatic rings. The standard InChI is InChI=1S/C24H26O3.C16H20O2/c1-3-4-5-6-7-18-27-24(26)23-16-12-21(13-17-23)9-8-20-10-14-22(15-11-20)19(2)25;1-3-5-6-7-8-13-18-16(17)15-11-9-14(4-2)10-12-15/h10-17H,3-7,18H2,1-2H3;2,9-12H,3,5-8,13H2,1H3. The Kier molecular flexibility index (Phi) is 17.9. The number of Topliss-reactive ketones (excluding diaryl/α,β-unsaturated/α-hetero) is 1. The Hall–Kier alpha value is -4.61. The number of hydrogen-bond donors (Lipinski definition) is 0. The van der Waals surface area contributed by atoms with Crippen molar-refractivity contribution in [3.05, 3.63) is 106 Å². The number of carbonyl (C=O) groups excluding carboxylic acids is 3. The summed E-state index contributed by atoms with van der Waals surface area (Å²) in [6.45, 7) is 6.87. The first-order valence-electron chi connectivity index (χ1n) is 16.0. The monoisotopic (exact) mass is 606 g/mol. The molecule has 0 aromatic heterocycles. The summed E-state index contributed by atoms with van der Waals surface area (Å²) in [6, 6.07) is 21.2. The highest BCUT2D eigenvalue weighted by Crippen LogP contribution is 2.10. The van der Waals surface area contributed by atoms with Crippen LogP contribution in [0, 0.1) is 24.2 Å². The van der Waals surface area contributed by atoms with E-state index in [4.69, 9.17) is 15.9 Å². The van der Waals surface area contributed by atoms with Gasteiger partial charge in [0.05, 0.1) is 24.3 Å². The Balaban J connectivity index is 0.000000341. The van der Waals surface area contributed by atoms with Gasteiger partial charge in [0.2, 0.25) is 0 Å². The van der Waals surface area contributed by atoms with Gasteiger partial charge < -0.3 is 9.47 Å². The Morgan fingerprint density at radius 3 is 1.24 bits per heavy atom. The van der Waals surface area contributed by atoms with E-state index in [1.54, 1.807) is 55.5 Å². The lowest BCUT2D eigenvalue weighted by Gasteiger charge is -2.04. The molecule has 0 unspecified atom stereocenters. The zero-order chi connectivity index (χ0) is 32.7. The quantitative estimate of drug-likeness (QED) is 0.0747. The molecule has 236 valence electrons. The van der Waals surface area contributed by atoms with E-state index in [0.717, 1.165) is 42.4 Å². The minimum Gasteiger partial charge on any atom is -0.462 e. The number of terminal acetylenes is 1. The molecular weight excluding hydrogens is 560 g/mol. The summed E-state index contributed by atoms with van der Waals surface area (Å²) >= 11 is 0. The Morgan fingerprint density at radius 1 is 0.533 bits per heavy atom. The van der Waals surface area contributed by atoms with E-state index in [9.17, 15) is 14.4 Å². The average Bonchev–Trinajstić information content (AvgIpc) is 3.07.